The van der Waals surface area contributed by atoms with E-state index in [2.05, 4.69) is 483 Å². The van der Waals surface area contributed by atoms with Gasteiger partial charge in [-0.1, -0.05) is 388 Å². The van der Waals surface area contributed by atoms with Crippen molar-refractivity contribution in [2.45, 2.75) is 0 Å². The van der Waals surface area contributed by atoms with Gasteiger partial charge < -0.3 is 9.80 Å². The Kier molecular flexibility index (Phi) is 19.7. The van der Waals surface area contributed by atoms with Gasteiger partial charge in [-0.3, -0.25) is 0 Å². The molecule has 19 rings (SSSR count). The Bertz CT molecular complexity index is 6370. The second-order valence-corrected chi connectivity index (χ2v) is 28.4. The van der Waals surface area contributed by atoms with Crippen LogP contribution in [0.25, 0.3) is 144 Å². The number of benzene rings is 19. The van der Waals surface area contributed by atoms with E-state index in [1.54, 1.807) is 0 Å². The molecule has 0 radical (unpaired) electrons. The van der Waals surface area contributed by atoms with Gasteiger partial charge in [0, 0.05) is 34.1 Å². The van der Waals surface area contributed by atoms with Crippen molar-refractivity contribution in [3.05, 3.63) is 473 Å². The third-order valence-electron chi connectivity index (χ3n) is 21.4. The van der Waals surface area contributed by atoms with Gasteiger partial charge in [-0.05, 0) is 229 Å². The van der Waals surface area contributed by atoms with E-state index in [-0.39, 0.29) is 0 Å². The van der Waals surface area contributed by atoms with Crippen molar-refractivity contribution < 1.29 is 0 Å². The summed E-state index contributed by atoms with van der Waals surface area (Å²) in [6.07, 6.45) is 0. The summed E-state index contributed by atoms with van der Waals surface area (Å²) in [5, 5.41) is 4.99. The number of fused-ring (bicyclic) bond motifs is 2. The lowest BCUT2D eigenvalue weighted by atomic mass is 9.91. The molecular weight excluding hydrogens is 1350 g/mol. The molecule has 0 unspecified atom stereocenters. The van der Waals surface area contributed by atoms with Gasteiger partial charge in [-0.2, -0.15) is 0 Å². The number of rotatable bonds is 17. The summed E-state index contributed by atoms with van der Waals surface area (Å²) in [6, 6.07) is 171. The van der Waals surface area contributed by atoms with Crippen molar-refractivity contribution in [2.24, 2.45) is 0 Å². The topological polar surface area (TPSA) is 6.48 Å². The average Bonchev–Trinajstić information content (AvgIpc) is 0.778. The molecule has 0 aromatic heterocycles. The molecule has 19 aromatic carbocycles. The Morgan fingerprint density at radius 3 is 0.554 bits per heavy atom. The van der Waals surface area contributed by atoms with E-state index in [0.717, 1.165) is 34.1 Å². The van der Waals surface area contributed by atoms with Gasteiger partial charge in [0.15, 0.2) is 0 Å². The zero-order valence-electron chi connectivity index (χ0n) is 61.9. The van der Waals surface area contributed by atoms with E-state index in [1.165, 1.54) is 144 Å². The van der Waals surface area contributed by atoms with Crippen molar-refractivity contribution in [1.29, 1.82) is 0 Å². The molecule has 2 nitrogen and oxygen atoms in total. The molecule has 0 aliphatic rings. The molecule has 0 saturated heterocycles. The molecule has 19 aromatic rings. The van der Waals surface area contributed by atoms with E-state index >= 15 is 0 Å². The van der Waals surface area contributed by atoms with E-state index in [0.29, 0.717) is 0 Å². The van der Waals surface area contributed by atoms with Gasteiger partial charge in [-0.25, -0.2) is 0 Å². The van der Waals surface area contributed by atoms with Crippen LogP contribution in [0.1, 0.15) is 0 Å². The monoisotopic (exact) mass is 1430 g/mol. The highest BCUT2D eigenvalue weighted by Gasteiger charge is 2.21. The lowest BCUT2D eigenvalue weighted by Crippen LogP contribution is -2.10. The van der Waals surface area contributed by atoms with E-state index in [1.807, 2.05) is 0 Å². The predicted molar refractivity (Wildman–Crippen MR) is 477 cm³/mol. The molecule has 0 bridgehead atoms. The highest BCUT2D eigenvalue weighted by molar-refractivity contribution is 5.95. The first-order chi connectivity index (χ1) is 55.5. The third kappa shape index (κ3) is 15.0. The second-order valence-electron chi connectivity index (χ2n) is 28.4. The summed E-state index contributed by atoms with van der Waals surface area (Å²) in [4.78, 5) is 4.75. The first-order valence-electron chi connectivity index (χ1n) is 38.4. The molecule has 0 atom stereocenters. The Hall–Kier alpha value is -14.7. The molecule has 0 aliphatic carbocycles. The van der Waals surface area contributed by atoms with Crippen LogP contribution in [-0.4, -0.2) is 0 Å². The molecule has 0 fully saturated rings. The highest BCUT2D eigenvalue weighted by Crippen LogP contribution is 2.46. The first-order valence-corrected chi connectivity index (χ1v) is 38.4. The van der Waals surface area contributed by atoms with Gasteiger partial charge in [0.2, 0.25) is 0 Å². The van der Waals surface area contributed by atoms with Crippen LogP contribution < -0.4 is 9.80 Å². The molecule has 0 aliphatic heterocycles. The highest BCUT2D eigenvalue weighted by atomic mass is 15.1. The maximum Gasteiger partial charge on any atom is 0.0468 e. The van der Waals surface area contributed by atoms with Gasteiger partial charge in [0.05, 0.1) is 0 Å². The van der Waals surface area contributed by atoms with Crippen LogP contribution in [-0.2, 0) is 0 Å². The van der Waals surface area contributed by atoms with Gasteiger partial charge in [-0.15, -0.1) is 0 Å². The number of hydrogen-bond donors (Lipinski definition) is 0. The first kappa shape index (κ1) is 69.1. The molecule has 0 N–H and O–H groups in total. The minimum atomic E-state index is 1.09. The number of anilines is 6. The zero-order chi connectivity index (χ0) is 74.8. The van der Waals surface area contributed by atoms with Crippen LogP contribution in [0.5, 0.6) is 0 Å². The van der Waals surface area contributed by atoms with Gasteiger partial charge >= 0.3 is 0 Å². The van der Waals surface area contributed by atoms with Crippen molar-refractivity contribution >= 4 is 55.7 Å². The summed E-state index contributed by atoms with van der Waals surface area (Å²) in [5.41, 5.74) is 32.9. The molecule has 0 spiro atoms. The van der Waals surface area contributed by atoms with Crippen molar-refractivity contribution in [3.63, 3.8) is 0 Å². The second kappa shape index (κ2) is 32.0. The summed E-state index contributed by atoms with van der Waals surface area (Å²) in [6.45, 7) is 0. The maximum atomic E-state index is 2.38. The minimum absolute atomic E-state index is 1.09. The van der Waals surface area contributed by atoms with E-state index < -0.39 is 0 Å². The fourth-order valence-corrected chi connectivity index (χ4v) is 15.5. The minimum Gasteiger partial charge on any atom is -0.310 e. The van der Waals surface area contributed by atoms with Crippen LogP contribution in [0.3, 0.4) is 0 Å². The normalized spacial score (nSPS) is 11.0. The van der Waals surface area contributed by atoms with E-state index in [9.17, 15) is 0 Å². The lowest BCUT2D eigenvalue weighted by Gasteiger charge is -2.27. The Morgan fingerprint density at radius 1 is 0.0982 bits per heavy atom. The third-order valence-corrected chi connectivity index (χ3v) is 21.4. The largest absolute Gasteiger partial charge is 0.310 e. The molecule has 2 heteroatoms. The predicted octanol–water partition coefficient (Wildman–Crippen LogP) is 31.0. The van der Waals surface area contributed by atoms with Crippen LogP contribution in [0, 0.1) is 0 Å². The van der Waals surface area contributed by atoms with Crippen molar-refractivity contribution in [1.82, 2.24) is 0 Å². The SMILES string of the molecule is c1ccc(-c2ccc(-c3cc(N(c4ccc(-c5ccccc5)cc4)c4ccc(-c5ccc6ccccc6c5)cc4)ccc3-c3ccccc3)cc2)cc1.c1ccc(-c2ccc(-c3ccc(N(c4ccc(-c5ccccc5)cc4)c4ccc(-c5ccc6ccccc6c5)cc4)cc3-c3ccc(-c4ccccc4)cc3)cc2)cc1. The van der Waals surface area contributed by atoms with Crippen LogP contribution in [0.15, 0.2) is 473 Å². The van der Waals surface area contributed by atoms with Gasteiger partial charge in [0.25, 0.3) is 0 Å². The van der Waals surface area contributed by atoms with Crippen LogP contribution in [0.4, 0.5) is 34.1 Å². The Balaban J connectivity index is 0.000000157. The summed E-state index contributed by atoms with van der Waals surface area (Å²) < 4.78 is 0. The molecule has 0 saturated carbocycles. The van der Waals surface area contributed by atoms with Gasteiger partial charge in [0.1, 0.15) is 0 Å². The van der Waals surface area contributed by atoms with Crippen LogP contribution >= 0.6 is 0 Å². The number of hydrogen-bond acceptors (Lipinski definition) is 2. The summed E-state index contributed by atoms with van der Waals surface area (Å²) in [7, 11) is 0. The maximum absolute atomic E-state index is 2.38. The fourth-order valence-electron chi connectivity index (χ4n) is 15.5. The molecule has 0 amide bonds. The summed E-state index contributed by atoms with van der Waals surface area (Å²) in [5.74, 6) is 0. The molecule has 528 valence electrons. The van der Waals surface area contributed by atoms with E-state index in [4.69, 9.17) is 0 Å². The Labute approximate surface area is 656 Å². The summed E-state index contributed by atoms with van der Waals surface area (Å²) >= 11 is 0. The quantitative estimate of drug-likeness (QED) is 0.0896. The molecule has 112 heavy (non-hydrogen) atoms. The van der Waals surface area contributed by atoms with Crippen LogP contribution in [0.2, 0.25) is 0 Å². The average molecular weight is 1430 g/mol. The molecule has 0 heterocycles. The smallest absolute Gasteiger partial charge is 0.0468 e. The number of nitrogens with zero attached hydrogens (tertiary/aromatic N) is 2. The van der Waals surface area contributed by atoms with Crippen molar-refractivity contribution in [2.75, 3.05) is 9.80 Å². The standard InChI is InChI=1S/C58H41N.C52H37N/c1-4-12-42(13-5-1)46-20-25-50(26-21-46)57-39-38-56(41-58(57)51-27-22-47(23-28-51)43-14-6-2-7-15-43)59(54-34-30-48(31-35-54)44-16-8-3-9-17-44)55-36-32-49(33-37-55)53-29-24-45-18-10-11-19-52(45)40-53;1-4-12-38(13-5-1)41-20-23-45(24-21-41)52-37-50(34-35-51(52)44-17-8-3-9-18-44)53(48-30-26-42(27-31-48)39-14-6-2-7-15-39)49-32-28-43(29-33-49)47-25-22-40-16-10-11-19-46(40)36-47/h1-41H;1-37H. The lowest BCUT2D eigenvalue weighted by molar-refractivity contribution is 1.28. The molecular formula is C110H78N2. The zero-order valence-corrected chi connectivity index (χ0v) is 61.9. The fraction of sp³-hybridized carbons (Fsp3) is 0. The Morgan fingerprint density at radius 2 is 0.277 bits per heavy atom. The van der Waals surface area contributed by atoms with Crippen molar-refractivity contribution in [3.8, 4) is 122 Å².